The molecule has 5 heteroatoms. The number of hydrogen-bond donors (Lipinski definition) is 3. The summed E-state index contributed by atoms with van der Waals surface area (Å²) < 4.78 is 1.13. The van der Waals surface area contributed by atoms with E-state index in [-0.39, 0.29) is 11.5 Å². The summed E-state index contributed by atoms with van der Waals surface area (Å²) in [4.78, 5) is 2.75. The molecule has 0 bridgehead atoms. The molecule has 0 fully saturated rings. The average Bonchev–Trinajstić information content (AvgIpc) is 1.98. The second kappa shape index (κ2) is 2.52. The molecule has 0 aliphatic heterocycles. The van der Waals surface area contributed by atoms with E-state index in [2.05, 4.69) is 4.98 Å². The summed E-state index contributed by atoms with van der Waals surface area (Å²) in [6.45, 7) is 0. The van der Waals surface area contributed by atoms with Crippen molar-refractivity contribution in [3.05, 3.63) is 7.40 Å². The maximum atomic E-state index is 8.93. The molecule has 3 N–H and O–H groups in total. The highest BCUT2D eigenvalue weighted by atomic mass is 127. The van der Waals surface area contributed by atoms with Gasteiger partial charge in [-0.2, -0.15) is 0 Å². The van der Waals surface area contributed by atoms with Crippen molar-refractivity contribution < 1.29 is 10.2 Å². The van der Waals surface area contributed by atoms with Crippen molar-refractivity contribution in [1.29, 1.82) is 0 Å². The van der Waals surface area contributed by atoms with Gasteiger partial charge in [0.1, 0.15) is 7.40 Å². The Morgan fingerprint density at radius 1 is 1.00 bits per heavy atom. The number of rotatable bonds is 0. The van der Waals surface area contributed by atoms with Crippen LogP contribution in [0.2, 0.25) is 0 Å². The lowest BCUT2D eigenvalue weighted by Gasteiger charge is -1.84. The molecule has 0 aromatic carbocycles. The molecule has 1 aromatic rings. The van der Waals surface area contributed by atoms with Crippen molar-refractivity contribution in [1.82, 2.24) is 4.98 Å². The van der Waals surface area contributed by atoms with Gasteiger partial charge in [0.05, 0.1) is 0 Å². The third-order valence-electron chi connectivity index (χ3n) is 0.860. The summed E-state index contributed by atoms with van der Waals surface area (Å²) in [6, 6.07) is 0. The van der Waals surface area contributed by atoms with Crippen LogP contribution in [-0.2, 0) is 0 Å². The monoisotopic (exact) mass is 351 g/mol. The lowest BCUT2D eigenvalue weighted by molar-refractivity contribution is 0.403. The van der Waals surface area contributed by atoms with Gasteiger partial charge in [-0.25, -0.2) is 0 Å². The van der Waals surface area contributed by atoms with Crippen LogP contribution in [0, 0.1) is 7.40 Å². The van der Waals surface area contributed by atoms with Gasteiger partial charge in [-0.15, -0.1) is 0 Å². The summed E-state index contributed by atoms with van der Waals surface area (Å²) in [7, 11) is 0. The minimum absolute atomic E-state index is 0.0694. The molecule has 1 rings (SSSR count). The van der Waals surface area contributed by atoms with Crippen LogP contribution in [0.15, 0.2) is 0 Å². The molecule has 0 atom stereocenters. The summed E-state index contributed by atoms with van der Waals surface area (Å²) in [5, 5.41) is 17.9. The van der Waals surface area contributed by atoms with Crippen LogP contribution in [0.5, 0.6) is 11.5 Å². The molecule has 0 saturated carbocycles. The molecule has 3 nitrogen and oxygen atoms in total. The van der Waals surface area contributed by atoms with Gasteiger partial charge in [0.25, 0.3) is 0 Å². The first-order valence-electron chi connectivity index (χ1n) is 2.08. The minimum Gasteiger partial charge on any atom is -0.502 e. The Bertz CT molecular complexity index is 210. The molecule has 0 amide bonds. The predicted molar refractivity (Wildman–Crippen MR) is 49.6 cm³/mol. The van der Waals surface area contributed by atoms with Gasteiger partial charge >= 0.3 is 0 Å². The van der Waals surface area contributed by atoms with Gasteiger partial charge in [0.2, 0.25) is 0 Å². The van der Waals surface area contributed by atoms with Gasteiger partial charge in [-0.3, -0.25) is 0 Å². The highest BCUT2D eigenvalue weighted by Gasteiger charge is 2.10. The normalized spacial score (nSPS) is 10.0. The molecular weight excluding hydrogens is 348 g/mol. The molecule has 0 aliphatic carbocycles. The third kappa shape index (κ3) is 1.26. The van der Waals surface area contributed by atoms with Crippen LogP contribution in [0.1, 0.15) is 0 Å². The zero-order valence-corrected chi connectivity index (χ0v) is 8.47. The molecule has 50 valence electrons. The first kappa shape index (κ1) is 7.45. The molecule has 0 spiro atoms. The Morgan fingerprint density at radius 3 is 1.44 bits per heavy atom. The van der Waals surface area contributed by atoms with Crippen molar-refractivity contribution in [2.45, 2.75) is 0 Å². The third-order valence-corrected chi connectivity index (χ3v) is 2.42. The Kier molecular flexibility index (Phi) is 2.09. The van der Waals surface area contributed by atoms with Gasteiger partial charge in [-0.05, 0) is 45.2 Å². The second-order valence-electron chi connectivity index (χ2n) is 1.45. The number of aromatic hydroxyl groups is 2. The number of aromatic nitrogens is 1. The largest absolute Gasteiger partial charge is 0.502 e. The Morgan fingerprint density at radius 2 is 1.33 bits per heavy atom. The maximum Gasteiger partial charge on any atom is 0.190 e. The van der Waals surface area contributed by atoms with Gasteiger partial charge < -0.3 is 15.2 Å². The maximum absolute atomic E-state index is 8.93. The molecule has 9 heavy (non-hydrogen) atoms. The summed E-state index contributed by atoms with van der Waals surface area (Å²) >= 11 is 3.80. The molecule has 1 aromatic heterocycles. The number of aromatic amines is 1. The van der Waals surface area contributed by atoms with E-state index in [1.54, 1.807) is 0 Å². The summed E-state index contributed by atoms with van der Waals surface area (Å²) in [6.07, 6.45) is 0. The van der Waals surface area contributed by atoms with Crippen molar-refractivity contribution >= 4 is 45.2 Å². The molecule has 0 aliphatic rings. The molecule has 0 radical (unpaired) electrons. The van der Waals surface area contributed by atoms with Crippen LogP contribution in [0.4, 0.5) is 0 Å². The topological polar surface area (TPSA) is 56.2 Å². The Balaban J connectivity index is 3.29. The van der Waals surface area contributed by atoms with Crippen molar-refractivity contribution in [3.63, 3.8) is 0 Å². The van der Waals surface area contributed by atoms with E-state index in [0.717, 1.165) is 0 Å². The van der Waals surface area contributed by atoms with Gasteiger partial charge in [0, 0.05) is 0 Å². The number of nitrogens with one attached hydrogen (secondary N) is 1. The first-order valence-corrected chi connectivity index (χ1v) is 4.23. The second-order valence-corrected chi connectivity index (χ2v) is 3.61. The molecule has 0 saturated heterocycles. The van der Waals surface area contributed by atoms with Crippen LogP contribution in [-0.4, -0.2) is 15.2 Å². The quantitative estimate of drug-likeness (QED) is 0.623. The zero-order valence-electron chi connectivity index (χ0n) is 4.15. The molecule has 0 unspecified atom stereocenters. The van der Waals surface area contributed by atoms with Crippen molar-refractivity contribution in [2.75, 3.05) is 0 Å². The zero-order chi connectivity index (χ0) is 7.02. The lowest BCUT2D eigenvalue weighted by atomic mass is 10.6. The smallest absolute Gasteiger partial charge is 0.190 e. The first-order chi connectivity index (χ1) is 4.13. The standard InChI is InChI=1S/C4H3I2NO2/c5-3-1(8)2(9)4(6)7-3/h7-9H. The van der Waals surface area contributed by atoms with Crippen molar-refractivity contribution in [3.8, 4) is 11.5 Å². The molecule has 1 heterocycles. The number of H-pyrrole nitrogens is 1. The number of halogens is 2. The van der Waals surface area contributed by atoms with E-state index in [1.165, 1.54) is 0 Å². The minimum atomic E-state index is -0.0694. The highest BCUT2D eigenvalue weighted by molar-refractivity contribution is 14.1. The predicted octanol–water partition coefficient (Wildman–Crippen LogP) is 1.64. The number of hydrogen-bond acceptors (Lipinski definition) is 2. The summed E-state index contributed by atoms with van der Waals surface area (Å²) in [5.74, 6) is -0.139. The van der Waals surface area contributed by atoms with E-state index >= 15 is 0 Å². The van der Waals surface area contributed by atoms with E-state index in [4.69, 9.17) is 10.2 Å². The fraction of sp³-hybridized carbons (Fsp3) is 0. The van der Waals surface area contributed by atoms with E-state index in [1.807, 2.05) is 45.2 Å². The van der Waals surface area contributed by atoms with E-state index < -0.39 is 0 Å². The Hall–Kier alpha value is 0.340. The van der Waals surface area contributed by atoms with Crippen LogP contribution >= 0.6 is 45.2 Å². The fourth-order valence-corrected chi connectivity index (χ4v) is 1.99. The fourth-order valence-electron chi connectivity index (χ4n) is 0.423. The van der Waals surface area contributed by atoms with Crippen molar-refractivity contribution in [2.24, 2.45) is 0 Å². The van der Waals surface area contributed by atoms with Crippen LogP contribution < -0.4 is 0 Å². The summed E-state index contributed by atoms with van der Waals surface area (Å²) in [5.41, 5.74) is 0. The van der Waals surface area contributed by atoms with Gasteiger partial charge in [0.15, 0.2) is 11.5 Å². The highest BCUT2D eigenvalue weighted by Crippen LogP contribution is 2.33. The van der Waals surface area contributed by atoms with Gasteiger partial charge in [-0.1, -0.05) is 0 Å². The van der Waals surface area contributed by atoms with E-state index in [0.29, 0.717) is 7.40 Å². The average molecular weight is 351 g/mol. The van der Waals surface area contributed by atoms with Crippen LogP contribution in [0.3, 0.4) is 0 Å². The van der Waals surface area contributed by atoms with E-state index in [9.17, 15) is 0 Å². The Labute approximate surface area is 78.8 Å². The lowest BCUT2D eigenvalue weighted by Crippen LogP contribution is -1.67. The van der Waals surface area contributed by atoms with Crippen LogP contribution in [0.25, 0.3) is 0 Å². The SMILES string of the molecule is Oc1c(I)[nH]c(I)c1O. The molecular formula is C4H3I2NO2.